The van der Waals surface area contributed by atoms with E-state index in [1.165, 1.54) is 0 Å². The van der Waals surface area contributed by atoms with Gasteiger partial charge in [-0.05, 0) is 25.0 Å². The highest BCUT2D eigenvalue weighted by Crippen LogP contribution is 2.37. The van der Waals surface area contributed by atoms with Crippen LogP contribution >= 0.6 is 0 Å². The number of ether oxygens (including phenoxy) is 1. The van der Waals surface area contributed by atoms with Gasteiger partial charge >= 0.3 is 0 Å². The molecule has 6 heteroatoms. The van der Waals surface area contributed by atoms with Gasteiger partial charge in [0.1, 0.15) is 23.2 Å². The Morgan fingerprint density at radius 2 is 2.27 bits per heavy atom. The first kappa shape index (κ1) is 13.3. The smallest absolute Gasteiger partial charge is 0.196 e. The number of nitrogens with two attached hydrogens (primary N) is 1. The van der Waals surface area contributed by atoms with E-state index in [2.05, 4.69) is 14.9 Å². The van der Waals surface area contributed by atoms with E-state index in [1.54, 1.807) is 13.4 Å². The lowest BCUT2D eigenvalue weighted by molar-refractivity contribution is 0.420. The van der Waals surface area contributed by atoms with Crippen LogP contribution in [0.2, 0.25) is 0 Å². The Balaban J connectivity index is 1.93. The van der Waals surface area contributed by atoms with Crippen molar-refractivity contribution in [3.63, 3.8) is 0 Å². The average Bonchev–Trinajstić information content (AvgIpc) is 2.93. The SMILES string of the molecule is COc1cccc2oc3c(N4CCC[C@H](N)C4)ncnc3c12. The van der Waals surface area contributed by atoms with E-state index in [4.69, 9.17) is 14.9 Å². The largest absolute Gasteiger partial charge is 0.496 e. The van der Waals surface area contributed by atoms with E-state index in [-0.39, 0.29) is 6.04 Å². The lowest BCUT2D eigenvalue weighted by atomic mass is 10.1. The Morgan fingerprint density at radius 1 is 1.36 bits per heavy atom. The predicted molar refractivity (Wildman–Crippen MR) is 85.3 cm³/mol. The summed E-state index contributed by atoms with van der Waals surface area (Å²) < 4.78 is 11.5. The van der Waals surface area contributed by atoms with Crippen LogP contribution in [0.1, 0.15) is 12.8 Å². The monoisotopic (exact) mass is 298 g/mol. The molecule has 2 N–H and O–H groups in total. The zero-order chi connectivity index (χ0) is 15.1. The van der Waals surface area contributed by atoms with Gasteiger partial charge in [-0.15, -0.1) is 0 Å². The number of hydrogen-bond acceptors (Lipinski definition) is 6. The van der Waals surface area contributed by atoms with Crippen molar-refractivity contribution in [1.82, 2.24) is 9.97 Å². The predicted octanol–water partition coefficient (Wildman–Crippen LogP) is 2.31. The van der Waals surface area contributed by atoms with Crippen molar-refractivity contribution in [3.8, 4) is 5.75 Å². The van der Waals surface area contributed by atoms with Gasteiger partial charge < -0.3 is 19.8 Å². The molecule has 1 fully saturated rings. The third-order valence-corrected chi connectivity index (χ3v) is 4.20. The maximum absolute atomic E-state index is 6.09. The standard InChI is InChI=1S/C16H18N4O2/c1-21-11-5-2-6-12-13(11)14-15(22-12)16(19-9-18-14)20-7-3-4-10(17)8-20/h2,5-6,9-10H,3-4,7-8,17H2,1H3/t10-/m0/s1. The molecule has 0 spiro atoms. The van der Waals surface area contributed by atoms with E-state index >= 15 is 0 Å². The number of hydrogen-bond donors (Lipinski definition) is 1. The number of benzene rings is 1. The molecule has 4 rings (SSSR count). The van der Waals surface area contributed by atoms with E-state index in [1.807, 2.05) is 18.2 Å². The fourth-order valence-electron chi connectivity index (χ4n) is 3.17. The van der Waals surface area contributed by atoms with Crippen LogP contribution in [0, 0.1) is 0 Å². The quantitative estimate of drug-likeness (QED) is 0.782. The second kappa shape index (κ2) is 5.14. The van der Waals surface area contributed by atoms with Crippen LogP contribution in [0.3, 0.4) is 0 Å². The highest BCUT2D eigenvalue weighted by Gasteiger charge is 2.23. The van der Waals surface area contributed by atoms with Crippen molar-refractivity contribution in [3.05, 3.63) is 24.5 Å². The maximum Gasteiger partial charge on any atom is 0.196 e. The second-order valence-corrected chi connectivity index (χ2v) is 5.66. The third kappa shape index (κ3) is 1.99. The Kier molecular flexibility index (Phi) is 3.11. The molecule has 6 nitrogen and oxygen atoms in total. The number of aromatic nitrogens is 2. The Hall–Kier alpha value is -2.34. The van der Waals surface area contributed by atoms with Crippen molar-refractivity contribution < 1.29 is 9.15 Å². The van der Waals surface area contributed by atoms with Gasteiger partial charge in [-0.3, -0.25) is 0 Å². The summed E-state index contributed by atoms with van der Waals surface area (Å²) in [6, 6.07) is 5.92. The highest BCUT2D eigenvalue weighted by atomic mass is 16.5. The molecule has 1 atom stereocenters. The molecule has 1 aliphatic rings. The molecule has 1 aromatic carbocycles. The van der Waals surface area contributed by atoms with Crippen molar-refractivity contribution in [2.75, 3.05) is 25.1 Å². The minimum Gasteiger partial charge on any atom is -0.496 e. The van der Waals surface area contributed by atoms with Gasteiger partial charge in [-0.1, -0.05) is 6.07 Å². The summed E-state index contributed by atoms with van der Waals surface area (Å²) in [7, 11) is 1.65. The minimum atomic E-state index is 0.178. The van der Waals surface area contributed by atoms with Crippen LogP contribution in [0.25, 0.3) is 22.1 Å². The van der Waals surface area contributed by atoms with E-state index in [0.29, 0.717) is 5.58 Å². The first-order valence-electron chi connectivity index (χ1n) is 7.48. The number of methoxy groups -OCH3 is 1. The number of rotatable bonds is 2. The fraction of sp³-hybridized carbons (Fsp3) is 0.375. The van der Waals surface area contributed by atoms with Crippen LogP contribution in [0.5, 0.6) is 5.75 Å². The summed E-state index contributed by atoms with van der Waals surface area (Å²) in [5, 5.41) is 0.893. The number of furan rings is 1. The van der Waals surface area contributed by atoms with Crippen LogP contribution in [0.4, 0.5) is 5.82 Å². The summed E-state index contributed by atoms with van der Waals surface area (Å²) in [6.07, 6.45) is 3.70. The normalized spacial score (nSPS) is 19.0. The number of piperidine rings is 1. The van der Waals surface area contributed by atoms with Gasteiger partial charge in [0.2, 0.25) is 0 Å². The summed E-state index contributed by atoms with van der Waals surface area (Å²) in [4.78, 5) is 11.0. The minimum absolute atomic E-state index is 0.178. The molecular weight excluding hydrogens is 280 g/mol. The topological polar surface area (TPSA) is 77.4 Å². The number of nitrogens with zero attached hydrogens (tertiary/aromatic N) is 3. The van der Waals surface area contributed by atoms with E-state index in [9.17, 15) is 0 Å². The van der Waals surface area contributed by atoms with E-state index in [0.717, 1.165) is 54.0 Å². The van der Waals surface area contributed by atoms with E-state index < -0.39 is 0 Å². The molecule has 0 bridgehead atoms. The fourth-order valence-corrected chi connectivity index (χ4v) is 3.17. The lowest BCUT2D eigenvalue weighted by Crippen LogP contribution is -2.43. The first-order chi connectivity index (χ1) is 10.8. The molecule has 1 aliphatic heterocycles. The zero-order valence-corrected chi connectivity index (χ0v) is 12.5. The average molecular weight is 298 g/mol. The van der Waals surface area contributed by atoms with Crippen LogP contribution < -0.4 is 15.4 Å². The van der Waals surface area contributed by atoms with Gasteiger partial charge in [0.15, 0.2) is 11.4 Å². The van der Waals surface area contributed by atoms with Gasteiger partial charge in [-0.25, -0.2) is 9.97 Å². The molecule has 0 saturated carbocycles. The van der Waals surface area contributed by atoms with Crippen LogP contribution in [-0.2, 0) is 0 Å². The van der Waals surface area contributed by atoms with Gasteiger partial charge in [0.05, 0.1) is 12.5 Å². The van der Waals surface area contributed by atoms with Crippen molar-refractivity contribution in [1.29, 1.82) is 0 Å². The second-order valence-electron chi connectivity index (χ2n) is 5.66. The van der Waals surface area contributed by atoms with Crippen molar-refractivity contribution in [2.45, 2.75) is 18.9 Å². The molecule has 3 heterocycles. The number of anilines is 1. The Labute approximate surface area is 127 Å². The zero-order valence-electron chi connectivity index (χ0n) is 12.5. The number of fused-ring (bicyclic) bond motifs is 3. The third-order valence-electron chi connectivity index (χ3n) is 4.20. The van der Waals surface area contributed by atoms with Crippen LogP contribution in [0.15, 0.2) is 28.9 Å². The first-order valence-corrected chi connectivity index (χ1v) is 7.48. The molecule has 114 valence electrons. The molecule has 1 saturated heterocycles. The van der Waals surface area contributed by atoms with Crippen molar-refractivity contribution >= 4 is 27.9 Å². The highest BCUT2D eigenvalue weighted by molar-refractivity contribution is 6.08. The molecule has 0 amide bonds. The molecular formula is C16H18N4O2. The van der Waals surface area contributed by atoms with Crippen LogP contribution in [-0.4, -0.2) is 36.2 Å². The molecule has 3 aromatic rings. The summed E-state index contributed by atoms with van der Waals surface area (Å²) in [5.41, 5.74) is 8.35. The summed E-state index contributed by atoms with van der Waals surface area (Å²) in [6.45, 7) is 1.73. The molecule has 0 unspecified atom stereocenters. The molecule has 22 heavy (non-hydrogen) atoms. The lowest BCUT2D eigenvalue weighted by Gasteiger charge is -2.31. The molecule has 0 aliphatic carbocycles. The van der Waals surface area contributed by atoms with Gasteiger partial charge in [-0.2, -0.15) is 0 Å². The molecule has 2 aromatic heterocycles. The summed E-state index contributed by atoms with van der Waals surface area (Å²) >= 11 is 0. The van der Waals surface area contributed by atoms with Gasteiger partial charge in [0, 0.05) is 19.1 Å². The summed E-state index contributed by atoms with van der Waals surface area (Å²) in [5.74, 6) is 1.58. The molecule has 0 radical (unpaired) electrons. The van der Waals surface area contributed by atoms with Gasteiger partial charge in [0.25, 0.3) is 0 Å². The Morgan fingerprint density at radius 3 is 3.09 bits per heavy atom. The van der Waals surface area contributed by atoms with Crippen molar-refractivity contribution in [2.24, 2.45) is 5.73 Å². The Bertz CT molecular complexity index is 829. The maximum atomic E-state index is 6.09.